The molecule has 0 aliphatic rings. The molecule has 0 aromatic carbocycles. The van der Waals surface area contributed by atoms with E-state index in [0.717, 1.165) is 17.9 Å². The van der Waals surface area contributed by atoms with Crippen LogP contribution < -0.4 is 0 Å². The number of thioether (sulfide) groups is 2. The van der Waals surface area contributed by atoms with E-state index in [9.17, 15) is 10.0 Å². The second-order valence-corrected chi connectivity index (χ2v) is 5.60. The fourth-order valence-electron chi connectivity index (χ4n) is 0.893. The van der Waals surface area contributed by atoms with Crippen molar-refractivity contribution in [2.45, 2.75) is 18.6 Å². The first-order valence-corrected chi connectivity index (χ1v) is 7.43. The van der Waals surface area contributed by atoms with Gasteiger partial charge in [-0.2, -0.15) is 28.4 Å². The highest BCUT2D eigenvalue weighted by molar-refractivity contribution is 8.00. The van der Waals surface area contributed by atoms with Gasteiger partial charge in [0, 0.05) is 11.5 Å². The molecule has 0 aliphatic heterocycles. The lowest BCUT2D eigenvalue weighted by Gasteiger charge is -2.07. The fourth-order valence-corrected chi connectivity index (χ4v) is 2.86. The highest BCUT2D eigenvalue weighted by Crippen LogP contribution is 2.10. The lowest BCUT2D eigenvalue weighted by molar-refractivity contribution is 0.113. The van der Waals surface area contributed by atoms with Crippen LogP contribution in [-0.4, -0.2) is 63.7 Å². The molecular weight excluding hydrogens is 250 g/mol. The molecule has 0 saturated heterocycles. The lowest BCUT2D eigenvalue weighted by atomic mass is 10.4. The highest BCUT2D eigenvalue weighted by Gasteiger charge is 2.04. The van der Waals surface area contributed by atoms with Crippen LogP contribution in [-0.2, 0) is 0 Å². The molecule has 0 amide bonds. The fraction of sp³-hybridized carbons (Fsp3) is 1.00. The molecule has 16 heavy (non-hydrogen) atoms. The van der Waals surface area contributed by atoms with Crippen LogP contribution in [0.4, 0.5) is 0 Å². The summed E-state index contributed by atoms with van der Waals surface area (Å²) in [7, 11) is 0. The van der Waals surface area contributed by atoms with Gasteiger partial charge in [0.2, 0.25) is 0 Å². The van der Waals surface area contributed by atoms with Crippen molar-refractivity contribution >= 4 is 23.5 Å². The van der Waals surface area contributed by atoms with E-state index < -0.39 is 12.2 Å². The molecule has 0 saturated carbocycles. The van der Waals surface area contributed by atoms with Gasteiger partial charge in [0.15, 0.2) is 0 Å². The Morgan fingerprint density at radius 2 is 1.62 bits per heavy atom. The predicted octanol–water partition coefficient (Wildman–Crippen LogP) is 0.323. The van der Waals surface area contributed by atoms with Crippen LogP contribution in [0.2, 0.25) is 0 Å². The lowest BCUT2D eigenvalue weighted by Crippen LogP contribution is -2.15. The van der Waals surface area contributed by atoms with Crippen LogP contribution in [0.3, 0.4) is 0 Å². The van der Waals surface area contributed by atoms with E-state index in [-0.39, 0.29) is 13.2 Å². The maximum absolute atomic E-state index is 9.81. The van der Waals surface area contributed by atoms with E-state index in [1.165, 1.54) is 0 Å². The molecule has 0 spiro atoms. The second kappa shape index (κ2) is 11.7. The SMILES string of the molecule is O=NCC(O)CSCCCSCC(O)CO. The molecule has 2 atom stereocenters. The highest BCUT2D eigenvalue weighted by atomic mass is 32.2. The topological polar surface area (TPSA) is 90.1 Å². The quantitative estimate of drug-likeness (QED) is 0.370. The average molecular weight is 269 g/mol. The molecule has 0 bridgehead atoms. The van der Waals surface area contributed by atoms with Gasteiger partial charge in [0.25, 0.3) is 0 Å². The van der Waals surface area contributed by atoms with E-state index >= 15 is 0 Å². The minimum atomic E-state index is -0.633. The Bertz CT molecular complexity index is 174. The third kappa shape index (κ3) is 10.7. The summed E-state index contributed by atoms with van der Waals surface area (Å²) in [5.41, 5.74) is 0. The van der Waals surface area contributed by atoms with Crippen LogP contribution in [0.25, 0.3) is 0 Å². The maximum Gasteiger partial charge on any atom is 0.108 e. The number of hydrogen-bond acceptors (Lipinski definition) is 7. The van der Waals surface area contributed by atoms with Crippen molar-refractivity contribution in [3.05, 3.63) is 4.91 Å². The first kappa shape index (κ1) is 16.2. The monoisotopic (exact) mass is 269 g/mol. The minimum absolute atomic E-state index is 0.0373. The second-order valence-electron chi connectivity index (χ2n) is 3.31. The molecule has 3 N–H and O–H groups in total. The predicted molar refractivity (Wildman–Crippen MR) is 69.0 cm³/mol. The molecular formula is C9H19NO4S2. The zero-order valence-electron chi connectivity index (χ0n) is 9.12. The Morgan fingerprint density at radius 3 is 2.12 bits per heavy atom. The molecule has 0 heterocycles. The molecule has 96 valence electrons. The molecule has 0 aliphatic carbocycles. The molecule has 2 unspecified atom stereocenters. The van der Waals surface area contributed by atoms with Gasteiger partial charge < -0.3 is 15.3 Å². The molecule has 7 heteroatoms. The average Bonchev–Trinajstić information content (AvgIpc) is 2.27. The summed E-state index contributed by atoms with van der Waals surface area (Å²) in [5.74, 6) is 2.93. The zero-order chi connectivity index (χ0) is 12.2. The molecule has 0 aromatic rings. The normalized spacial score (nSPS) is 14.7. The van der Waals surface area contributed by atoms with Crippen molar-refractivity contribution in [3.8, 4) is 0 Å². The number of hydrogen-bond donors (Lipinski definition) is 3. The van der Waals surface area contributed by atoms with E-state index in [4.69, 9.17) is 10.2 Å². The van der Waals surface area contributed by atoms with Crippen molar-refractivity contribution < 1.29 is 15.3 Å². The third-order valence-electron chi connectivity index (χ3n) is 1.69. The van der Waals surface area contributed by atoms with Gasteiger partial charge in [-0.15, -0.1) is 0 Å². The number of nitroso groups, excluding NO2 is 1. The summed E-state index contributed by atoms with van der Waals surface area (Å²) in [6.45, 7) is -0.225. The van der Waals surface area contributed by atoms with Crippen molar-refractivity contribution in [2.24, 2.45) is 5.18 Å². The van der Waals surface area contributed by atoms with E-state index in [0.29, 0.717) is 11.5 Å². The smallest absolute Gasteiger partial charge is 0.108 e. The van der Waals surface area contributed by atoms with Crippen molar-refractivity contribution in [1.82, 2.24) is 0 Å². The molecule has 0 rings (SSSR count). The Labute approximate surface area is 104 Å². The van der Waals surface area contributed by atoms with E-state index in [1.807, 2.05) is 0 Å². The molecule has 5 nitrogen and oxygen atoms in total. The van der Waals surface area contributed by atoms with Crippen molar-refractivity contribution in [2.75, 3.05) is 36.2 Å². The number of nitrogens with zero attached hydrogens (tertiary/aromatic N) is 1. The number of rotatable bonds is 11. The Morgan fingerprint density at radius 1 is 1.06 bits per heavy atom. The zero-order valence-corrected chi connectivity index (χ0v) is 10.8. The van der Waals surface area contributed by atoms with Crippen molar-refractivity contribution in [1.29, 1.82) is 0 Å². The summed E-state index contributed by atoms with van der Waals surface area (Å²) in [6, 6.07) is 0. The largest absolute Gasteiger partial charge is 0.394 e. The van der Waals surface area contributed by atoms with E-state index in [1.54, 1.807) is 23.5 Å². The first-order valence-electron chi connectivity index (χ1n) is 5.12. The minimum Gasteiger partial charge on any atom is -0.394 e. The van der Waals surface area contributed by atoms with Gasteiger partial charge in [-0.1, -0.05) is 5.18 Å². The standard InChI is InChI=1S/C9H19NO4S2/c11-5-9(13)7-16-3-1-2-15-6-8(12)4-10-14/h8-9,11-13H,1-7H2. The van der Waals surface area contributed by atoms with Gasteiger partial charge in [-0.25, -0.2) is 0 Å². The van der Waals surface area contributed by atoms with Crippen molar-refractivity contribution in [3.63, 3.8) is 0 Å². The Balaban J connectivity index is 3.12. The van der Waals surface area contributed by atoms with Crippen LogP contribution in [0.5, 0.6) is 0 Å². The van der Waals surface area contributed by atoms with Gasteiger partial charge >= 0.3 is 0 Å². The summed E-state index contributed by atoms with van der Waals surface area (Å²) in [5, 5.41) is 29.4. The van der Waals surface area contributed by atoms with Gasteiger partial charge in [-0.05, 0) is 17.9 Å². The summed E-state index contributed by atoms with van der Waals surface area (Å²) in [6.07, 6.45) is -0.279. The van der Waals surface area contributed by atoms with Gasteiger partial charge in [-0.3, -0.25) is 0 Å². The number of aliphatic hydroxyl groups is 3. The summed E-state index contributed by atoms with van der Waals surface area (Å²) < 4.78 is 0. The van der Waals surface area contributed by atoms with Crippen LogP contribution in [0, 0.1) is 4.91 Å². The molecule has 0 aromatic heterocycles. The van der Waals surface area contributed by atoms with Crippen LogP contribution in [0.1, 0.15) is 6.42 Å². The third-order valence-corrected chi connectivity index (χ3v) is 4.09. The van der Waals surface area contributed by atoms with Gasteiger partial charge in [0.05, 0.1) is 18.8 Å². The summed E-state index contributed by atoms with van der Waals surface area (Å²) >= 11 is 3.19. The molecule has 0 fully saturated rings. The first-order chi connectivity index (χ1) is 7.70. The van der Waals surface area contributed by atoms with E-state index in [2.05, 4.69) is 5.18 Å². The number of aliphatic hydroxyl groups excluding tert-OH is 3. The summed E-state index contributed by atoms with van der Waals surface area (Å²) in [4.78, 5) is 9.81. The molecule has 0 radical (unpaired) electrons. The Kier molecular flexibility index (Phi) is 11.8. The Hall–Kier alpha value is 0.180. The maximum atomic E-state index is 9.81. The van der Waals surface area contributed by atoms with Gasteiger partial charge in [0.1, 0.15) is 6.54 Å². The van der Waals surface area contributed by atoms with Crippen LogP contribution >= 0.6 is 23.5 Å². The van der Waals surface area contributed by atoms with Crippen LogP contribution in [0.15, 0.2) is 5.18 Å².